The molecular formula is C25H26F2N4O2S. The smallest absolute Gasteiger partial charge is 0.243 e. The van der Waals surface area contributed by atoms with Crippen LogP contribution in [0.4, 0.5) is 8.78 Å². The van der Waals surface area contributed by atoms with Crippen molar-refractivity contribution in [1.29, 1.82) is 0 Å². The Balaban J connectivity index is 1.63. The zero-order chi connectivity index (χ0) is 24.1. The molecule has 1 saturated heterocycles. The van der Waals surface area contributed by atoms with Gasteiger partial charge in [0.15, 0.2) is 0 Å². The minimum Gasteiger partial charge on any atom is -0.301 e. The number of hydrogen-bond donors (Lipinski definition) is 1. The summed E-state index contributed by atoms with van der Waals surface area (Å²) in [5, 5.41) is 7.24. The van der Waals surface area contributed by atoms with Crippen molar-refractivity contribution < 1.29 is 17.2 Å². The molecule has 6 nitrogen and oxygen atoms in total. The lowest BCUT2D eigenvalue weighted by Crippen LogP contribution is -2.54. The molecule has 0 amide bonds. The van der Waals surface area contributed by atoms with Crippen LogP contribution in [0.25, 0.3) is 6.08 Å². The Morgan fingerprint density at radius 1 is 1.06 bits per heavy atom. The standard InChI is InChI=1S/C25H26F2N4O2S/c1-30(2)24(17-3-5-20(26)6-4-17)25-14-18-15-28-29-23(18)13-19(25)11-12-31(16-25)34(32,33)22-9-7-21(27)8-10-22/h3-10,13,15,24H,11-12,14,16H2,1-2H3,(H,28,29)/t24?,25-/m1/s1. The predicted molar refractivity (Wildman–Crippen MR) is 125 cm³/mol. The van der Waals surface area contributed by atoms with Gasteiger partial charge >= 0.3 is 0 Å². The minimum atomic E-state index is -3.84. The van der Waals surface area contributed by atoms with Crippen LogP contribution in [0.3, 0.4) is 0 Å². The second-order valence-corrected chi connectivity index (χ2v) is 11.2. The Morgan fingerprint density at radius 2 is 1.71 bits per heavy atom. The van der Waals surface area contributed by atoms with Crippen molar-refractivity contribution in [3.05, 3.63) is 88.8 Å². The van der Waals surface area contributed by atoms with E-state index >= 15 is 0 Å². The number of benzene rings is 2. The van der Waals surface area contributed by atoms with Crippen molar-refractivity contribution in [1.82, 2.24) is 19.4 Å². The summed E-state index contributed by atoms with van der Waals surface area (Å²) >= 11 is 0. The van der Waals surface area contributed by atoms with Gasteiger partial charge in [0, 0.05) is 24.5 Å². The number of nitrogens with zero attached hydrogens (tertiary/aromatic N) is 3. The Morgan fingerprint density at radius 3 is 2.35 bits per heavy atom. The van der Waals surface area contributed by atoms with Crippen LogP contribution in [0.2, 0.25) is 0 Å². The molecule has 1 aliphatic carbocycles. The largest absolute Gasteiger partial charge is 0.301 e. The maximum absolute atomic E-state index is 13.8. The Kier molecular flexibility index (Phi) is 5.66. The summed E-state index contributed by atoms with van der Waals surface area (Å²) in [5.74, 6) is -0.803. The van der Waals surface area contributed by atoms with Gasteiger partial charge in [0.05, 0.1) is 16.8 Å². The average molecular weight is 485 g/mol. The molecule has 1 fully saturated rings. The summed E-state index contributed by atoms with van der Waals surface area (Å²) in [5.41, 5.74) is 3.41. The third kappa shape index (κ3) is 3.77. The summed E-state index contributed by atoms with van der Waals surface area (Å²) in [7, 11) is 0.0720. The number of H-pyrrole nitrogens is 1. The first kappa shape index (κ1) is 22.9. The zero-order valence-corrected chi connectivity index (χ0v) is 19.8. The summed E-state index contributed by atoms with van der Waals surface area (Å²) in [6, 6.07) is 11.1. The van der Waals surface area contributed by atoms with E-state index in [-0.39, 0.29) is 23.3 Å². The quantitative estimate of drug-likeness (QED) is 0.594. The van der Waals surface area contributed by atoms with Crippen molar-refractivity contribution in [3.8, 4) is 0 Å². The highest BCUT2D eigenvalue weighted by molar-refractivity contribution is 7.89. The molecule has 3 aromatic rings. The third-order valence-corrected chi connectivity index (χ3v) is 8.84. The molecule has 0 saturated carbocycles. The van der Waals surface area contributed by atoms with Gasteiger partial charge in [0.1, 0.15) is 11.6 Å². The van der Waals surface area contributed by atoms with E-state index in [1.165, 1.54) is 28.6 Å². The number of aromatic nitrogens is 2. The number of hydrogen-bond acceptors (Lipinski definition) is 4. The van der Waals surface area contributed by atoms with Crippen LogP contribution < -0.4 is 0 Å². The van der Waals surface area contributed by atoms with E-state index in [1.807, 2.05) is 14.1 Å². The number of fused-ring (bicyclic) bond motifs is 2. The highest BCUT2D eigenvalue weighted by atomic mass is 32.2. The third-order valence-electron chi connectivity index (χ3n) is 6.98. The number of aromatic amines is 1. The van der Waals surface area contributed by atoms with E-state index in [9.17, 15) is 17.2 Å². The number of nitrogens with one attached hydrogen (secondary N) is 1. The SMILES string of the molecule is CN(C)C(c1ccc(F)cc1)[C@@]12Cc3cn[nH]c3C=C1CCN(S(=O)(=O)c1ccc(F)cc1)C2. The van der Waals surface area contributed by atoms with Gasteiger partial charge in [-0.3, -0.25) is 5.10 Å². The highest BCUT2D eigenvalue weighted by Gasteiger charge is 2.51. The number of piperidine rings is 1. The molecule has 2 atom stereocenters. The van der Waals surface area contributed by atoms with Crippen LogP contribution >= 0.6 is 0 Å². The molecule has 1 aliphatic heterocycles. The number of rotatable bonds is 5. The lowest BCUT2D eigenvalue weighted by atomic mass is 9.62. The first-order valence-electron chi connectivity index (χ1n) is 11.1. The van der Waals surface area contributed by atoms with Crippen molar-refractivity contribution >= 4 is 16.1 Å². The van der Waals surface area contributed by atoms with Gasteiger partial charge in [-0.2, -0.15) is 9.40 Å². The van der Waals surface area contributed by atoms with Gasteiger partial charge in [-0.15, -0.1) is 0 Å². The Hall–Kier alpha value is -2.88. The van der Waals surface area contributed by atoms with Crippen LogP contribution in [-0.2, 0) is 16.4 Å². The van der Waals surface area contributed by atoms with Crippen LogP contribution in [-0.4, -0.2) is 55.0 Å². The van der Waals surface area contributed by atoms with Gasteiger partial charge in [-0.1, -0.05) is 17.7 Å². The molecule has 34 heavy (non-hydrogen) atoms. The first-order chi connectivity index (χ1) is 16.2. The van der Waals surface area contributed by atoms with Gasteiger partial charge in [-0.25, -0.2) is 17.2 Å². The topological polar surface area (TPSA) is 69.3 Å². The minimum absolute atomic E-state index is 0.0690. The Bertz CT molecular complexity index is 1330. The van der Waals surface area contributed by atoms with Gasteiger partial charge in [0.25, 0.3) is 0 Å². The predicted octanol–water partition coefficient (Wildman–Crippen LogP) is 4.01. The molecule has 2 aromatic carbocycles. The maximum Gasteiger partial charge on any atom is 0.243 e. The molecule has 0 spiro atoms. The van der Waals surface area contributed by atoms with E-state index in [4.69, 9.17) is 0 Å². The second kappa shape index (κ2) is 8.41. The summed E-state index contributed by atoms with van der Waals surface area (Å²) in [6.45, 7) is 0.559. The molecule has 2 heterocycles. The first-order valence-corrected chi connectivity index (χ1v) is 12.6. The molecule has 1 aromatic heterocycles. The molecule has 1 N–H and O–H groups in total. The van der Waals surface area contributed by atoms with Crippen molar-refractivity contribution in [2.24, 2.45) is 5.41 Å². The lowest BCUT2D eigenvalue weighted by molar-refractivity contribution is 0.0881. The molecule has 9 heteroatoms. The molecule has 1 unspecified atom stereocenters. The summed E-state index contributed by atoms with van der Waals surface area (Å²) < 4.78 is 55.9. The van der Waals surface area contributed by atoms with Crippen LogP contribution in [0.5, 0.6) is 0 Å². The van der Waals surface area contributed by atoms with Gasteiger partial charge < -0.3 is 4.90 Å². The normalized spacial score (nSPS) is 21.6. The summed E-state index contributed by atoms with van der Waals surface area (Å²) in [6.07, 6.45) is 5.01. The zero-order valence-electron chi connectivity index (χ0n) is 19.0. The van der Waals surface area contributed by atoms with Crippen LogP contribution in [0, 0.1) is 17.0 Å². The monoisotopic (exact) mass is 484 g/mol. The van der Waals surface area contributed by atoms with Crippen LogP contribution in [0.15, 0.2) is 65.2 Å². The summed E-state index contributed by atoms with van der Waals surface area (Å²) in [4.78, 5) is 2.14. The number of sulfonamides is 1. The van der Waals surface area contributed by atoms with E-state index in [0.717, 1.165) is 34.5 Å². The fourth-order valence-corrected chi connectivity index (χ4v) is 7.06. The molecule has 178 valence electrons. The van der Waals surface area contributed by atoms with Crippen molar-refractivity contribution in [2.45, 2.75) is 23.8 Å². The van der Waals surface area contributed by atoms with E-state index in [1.54, 1.807) is 18.3 Å². The van der Waals surface area contributed by atoms with E-state index < -0.39 is 21.3 Å². The lowest BCUT2D eigenvalue weighted by Gasteiger charge is -2.52. The van der Waals surface area contributed by atoms with E-state index in [0.29, 0.717) is 19.4 Å². The molecule has 2 aliphatic rings. The van der Waals surface area contributed by atoms with Crippen LogP contribution in [0.1, 0.15) is 29.3 Å². The number of halogens is 2. The molecular weight excluding hydrogens is 458 g/mol. The molecule has 0 bridgehead atoms. The van der Waals surface area contributed by atoms with Crippen molar-refractivity contribution in [2.75, 3.05) is 27.2 Å². The van der Waals surface area contributed by atoms with Gasteiger partial charge in [-0.05, 0) is 80.5 Å². The van der Waals surface area contributed by atoms with Gasteiger partial charge in [0.2, 0.25) is 10.0 Å². The highest BCUT2D eigenvalue weighted by Crippen LogP contribution is 2.53. The molecule has 5 rings (SSSR count). The van der Waals surface area contributed by atoms with E-state index in [2.05, 4.69) is 21.2 Å². The fourth-order valence-electron chi connectivity index (χ4n) is 5.55. The molecule has 0 radical (unpaired) electrons. The fraction of sp³-hybridized carbons (Fsp3) is 0.320. The van der Waals surface area contributed by atoms with Crippen molar-refractivity contribution in [3.63, 3.8) is 0 Å². The second-order valence-electron chi connectivity index (χ2n) is 9.27. The average Bonchev–Trinajstić information content (AvgIpc) is 3.25. The Labute approximate surface area is 198 Å². The maximum atomic E-state index is 13.8.